The molecule has 1 heteroatoms. The van der Waals surface area contributed by atoms with Crippen LogP contribution < -0.4 is 5.32 Å². The first kappa shape index (κ1) is 12.0. The van der Waals surface area contributed by atoms with Gasteiger partial charge in [-0.3, -0.25) is 0 Å². The maximum atomic E-state index is 3.48. The van der Waals surface area contributed by atoms with Crippen molar-refractivity contribution in [2.75, 3.05) is 6.54 Å². The Bertz CT molecular complexity index is 335. The number of rotatable bonds is 4. The van der Waals surface area contributed by atoms with Crippen molar-refractivity contribution in [2.45, 2.75) is 33.7 Å². The molecule has 0 spiro atoms. The molecule has 0 aliphatic rings. The Balaban J connectivity index is 2.54. The summed E-state index contributed by atoms with van der Waals surface area (Å²) < 4.78 is 0. The Morgan fingerprint density at radius 2 is 2.13 bits per heavy atom. The lowest BCUT2D eigenvalue weighted by molar-refractivity contribution is 0.616. The molecule has 0 amide bonds. The van der Waals surface area contributed by atoms with Crippen LogP contribution in [0.5, 0.6) is 0 Å². The van der Waals surface area contributed by atoms with Crippen molar-refractivity contribution < 1.29 is 0 Å². The minimum atomic E-state index is 0.417. The third-order valence-corrected chi connectivity index (χ3v) is 2.48. The predicted octanol–water partition coefficient (Wildman–Crippen LogP) is 3.61. The fourth-order valence-electron chi connectivity index (χ4n) is 1.50. The summed E-state index contributed by atoms with van der Waals surface area (Å²) in [6.45, 7) is 9.52. The molecule has 1 atom stereocenters. The van der Waals surface area contributed by atoms with Crippen molar-refractivity contribution in [1.29, 1.82) is 0 Å². The second-order valence-electron chi connectivity index (χ2n) is 4.33. The molecule has 1 aromatic rings. The van der Waals surface area contributed by atoms with E-state index in [9.17, 15) is 0 Å². The average Bonchev–Trinajstić information content (AvgIpc) is 2.17. The highest BCUT2D eigenvalue weighted by Gasteiger charge is 2.02. The summed E-state index contributed by atoms with van der Waals surface area (Å²) in [7, 11) is 0. The summed E-state index contributed by atoms with van der Waals surface area (Å²) in [5, 5.41) is 3.48. The van der Waals surface area contributed by atoms with Crippen LogP contribution in [0.3, 0.4) is 0 Å². The maximum Gasteiger partial charge on any atom is 0.0294 e. The molecule has 0 aliphatic carbocycles. The molecule has 0 saturated carbocycles. The van der Waals surface area contributed by atoms with Gasteiger partial charge < -0.3 is 5.32 Å². The monoisotopic (exact) mass is 203 g/mol. The molecule has 0 fully saturated rings. The van der Waals surface area contributed by atoms with E-state index < -0.39 is 0 Å². The number of allylic oxidation sites excluding steroid dienone is 1. The highest BCUT2D eigenvalue weighted by molar-refractivity contribution is 5.24. The molecule has 1 aromatic carbocycles. The first-order valence-corrected chi connectivity index (χ1v) is 5.53. The Kier molecular flexibility index (Phi) is 4.57. The summed E-state index contributed by atoms with van der Waals surface area (Å²) in [6, 6.07) is 9.07. The van der Waals surface area contributed by atoms with Crippen LogP contribution in [0.4, 0.5) is 0 Å². The van der Waals surface area contributed by atoms with E-state index in [0.29, 0.717) is 6.04 Å². The third kappa shape index (κ3) is 4.30. The quantitative estimate of drug-likeness (QED) is 0.737. The first-order chi connectivity index (χ1) is 7.09. The second-order valence-corrected chi connectivity index (χ2v) is 4.33. The van der Waals surface area contributed by atoms with Crippen molar-refractivity contribution in [3.05, 3.63) is 47.0 Å². The zero-order chi connectivity index (χ0) is 11.3. The lowest BCUT2D eigenvalue weighted by atomic mass is 10.1. The Labute approximate surface area is 93.2 Å². The standard InChI is InChI=1S/C14H21N/c1-11(2)8-9-15-13(4)14-7-5-6-12(3)10-14/h5-8,10,13,15H,9H2,1-4H3/t13-/m1/s1. The zero-order valence-electron chi connectivity index (χ0n) is 10.2. The van der Waals surface area contributed by atoms with Gasteiger partial charge in [0.05, 0.1) is 0 Å². The molecule has 15 heavy (non-hydrogen) atoms. The average molecular weight is 203 g/mol. The number of nitrogens with one attached hydrogen (secondary N) is 1. The van der Waals surface area contributed by atoms with Crippen LogP contribution in [0.1, 0.15) is 37.9 Å². The van der Waals surface area contributed by atoms with Gasteiger partial charge in [-0.15, -0.1) is 0 Å². The molecule has 1 nitrogen and oxygen atoms in total. The Morgan fingerprint density at radius 3 is 2.73 bits per heavy atom. The van der Waals surface area contributed by atoms with Crippen LogP contribution in [0, 0.1) is 6.92 Å². The SMILES string of the molecule is CC(C)=CCN[C@H](C)c1cccc(C)c1. The summed E-state index contributed by atoms with van der Waals surface area (Å²) in [4.78, 5) is 0. The van der Waals surface area contributed by atoms with E-state index >= 15 is 0 Å². The van der Waals surface area contributed by atoms with Gasteiger partial charge in [-0.05, 0) is 33.3 Å². The van der Waals surface area contributed by atoms with Crippen LogP contribution in [0.15, 0.2) is 35.9 Å². The topological polar surface area (TPSA) is 12.0 Å². The van der Waals surface area contributed by atoms with Gasteiger partial charge in [-0.2, -0.15) is 0 Å². The number of aryl methyl sites for hydroxylation is 1. The van der Waals surface area contributed by atoms with Gasteiger partial charge in [0, 0.05) is 12.6 Å². The summed E-state index contributed by atoms with van der Waals surface area (Å²) in [5.74, 6) is 0. The van der Waals surface area contributed by atoms with Gasteiger partial charge in [0.15, 0.2) is 0 Å². The lowest BCUT2D eigenvalue weighted by Crippen LogP contribution is -2.18. The van der Waals surface area contributed by atoms with Crippen LogP contribution in [0.25, 0.3) is 0 Å². The number of hydrogen-bond donors (Lipinski definition) is 1. The molecule has 0 radical (unpaired) electrons. The van der Waals surface area contributed by atoms with Gasteiger partial charge in [0.1, 0.15) is 0 Å². The highest BCUT2D eigenvalue weighted by Crippen LogP contribution is 2.13. The Hall–Kier alpha value is -1.08. The molecule has 0 unspecified atom stereocenters. The molecule has 0 heterocycles. The van der Waals surface area contributed by atoms with Crippen molar-refractivity contribution >= 4 is 0 Å². The van der Waals surface area contributed by atoms with Crippen LogP contribution in [-0.2, 0) is 0 Å². The van der Waals surface area contributed by atoms with Gasteiger partial charge >= 0.3 is 0 Å². The highest BCUT2D eigenvalue weighted by atomic mass is 14.9. The number of hydrogen-bond acceptors (Lipinski definition) is 1. The van der Waals surface area contributed by atoms with E-state index in [1.165, 1.54) is 16.7 Å². The first-order valence-electron chi connectivity index (χ1n) is 5.53. The second kappa shape index (κ2) is 5.72. The normalized spacial score (nSPS) is 12.3. The van der Waals surface area contributed by atoms with Crippen LogP contribution in [0.2, 0.25) is 0 Å². The van der Waals surface area contributed by atoms with E-state index in [-0.39, 0.29) is 0 Å². The van der Waals surface area contributed by atoms with Crippen molar-refractivity contribution in [1.82, 2.24) is 5.32 Å². The third-order valence-electron chi connectivity index (χ3n) is 2.48. The zero-order valence-corrected chi connectivity index (χ0v) is 10.2. The van der Waals surface area contributed by atoms with E-state index in [2.05, 4.69) is 63.4 Å². The lowest BCUT2D eigenvalue weighted by Gasteiger charge is -2.13. The minimum absolute atomic E-state index is 0.417. The van der Waals surface area contributed by atoms with Gasteiger partial charge in [0.2, 0.25) is 0 Å². The Morgan fingerprint density at radius 1 is 1.40 bits per heavy atom. The fourth-order valence-corrected chi connectivity index (χ4v) is 1.50. The molecule has 0 aliphatic heterocycles. The van der Waals surface area contributed by atoms with Crippen molar-refractivity contribution in [3.8, 4) is 0 Å². The summed E-state index contributed by atoms with van der Waals surface area (Å²) in [6.07, 6.45) is 2.21. The summed E-state index contributed by atoms with van der Waals surface area (Å²) in [5.41, 5.74) is 4.04. The number of benzene rings is 1. The van der Waals surface area contributed by atoms with Gasteiger partial charge in [-0.25, -0.2) is 0 Å². The van der Waals surface area contributed by atoms with Gasteiger partial charge in [0.25, 0.3) is 0 Å². The molecule has 82 valence electrons. The van der Waals surface area contributed by atoms with Crippen molar-refractivity contribution in [3.63, 3.8) is 0 Å². The predicted molar refractivity (Wildman–Crippen MR) is 67.0 cm³/mol. The smallest absolute Gasteiger partial charge is 0.0294 e. The molecule has 1 rings (SSSR count). The van der Waals surface area contributed by atoms with Crippen LogP contribution in [-0.4, -0.2) is 6.54 Å². The van der Waals surface area contributed by atoms with E-state index in [0.717, 1.165) is 6.54 Å². The largest absolute Gasteiger partial charge is 0.307 e. The molecular formula is C14H21N. The van der Waals surface area contributed by atoms with Gasteiger partial charge in [-0.1, -0.05) is 41.5 Å². The maximum absolute atomic E-state index is 3.48. The van der Waals surface area contributed by atoms with Crippen LogP contribution >= 0.6 is 0 Å². The molecule has 1 N–H and O–H groups in total. The van der Waals surface area contributed by atoms with E-state index in [4.69, 9.17) is 0 Å². The fraction of sp³-hybridized carbons (Fsp3) is 0.429. The minimum Gasteiger partial charge on any atom is -0.307 e. The molecule has 0 bridgehead atoms. The van der Waals surface area contributed by atoms with Crippen molar-refractivity contribution in [2.24, 2.45) is 0 Å². The summed E-state index contributed by atoms with van der Waals surface area (Å²) >= 11 is 0. The van der Waals surface area contributed by atoms with E-state index in [1.807, 2.05) is 0 Å². The molecule has 0 saturated heterocycles. The molecule has 0 aromatic heterocycles. The molecular weight excluding hydrogens is 182 g/mol. The van der Waals surface area contributed by atoms with E-state index in [1.54, 1.807) is 0 Å².